The highest BCUT2D eigenvalue weighted by molar-refractivity contribution is 7.18. The van der Waals surface area contributed by atoms with Gasteiger partial charge in [0.2, 0.25) is 5.28 Å². The van der Waals surface area contributed by atoms with Crippen LogP contribution in [0.3, 0.4) is 0 Å². The van der Waals surface area contributed by atoms with Gasteiger partial charge in [0.25, 0.3) is 0 Å². The summed E-state index contributed by atoms with van der Waals surface area (Å²) in [5.41, 5.74) is 0. The molecule has 5 nitrogen and oxygen atoms in total. The van der Waals surface area contributed by atoms with Gasteiger partial charge in [-0.05, 0) is 24.1 Å². The van der Waals surface area contributed by atoms with Crippen molar-refractivity contribution in [3.8, 4) is 0 Å². The fourth-order valence-electron chi connectivity index (χ4n) is 2.07. The fraction of sp³-hybridized carbons (Fsp3) is 0.571. The number of anilines is 1. The van der Waals surface area contributed by atoms with Gasteiger partial charge in [0.1, 0.15) is 10.6 Å². The molecule has 2 rings (SSSR count). The molecule has 0 atom stereocenters. The van der Waals surface area contributed by atoms with E-state index in [4.69, 9.17) is 21.1 Å². The standard InChI is InChI=1S/C14H20ClN3O2S/c1-4-10-9-11-12(16-14(15)17-13(11)21-10)18(5-7-19-2)6-8-20-3/h9H,4-8H2,1-3H3. The van der Waals surface area contributed by atoms with E-state index in [2.05, 4.69) is 27.9 Å². The molecule has 2 heterocycles. The van der Waals surface area contributed by atoms with Gasteiger partial charge in [-0.25, -0.2) is 4.98 Å². The van der Waals surface area contributed by atoms with Crippen LogP contribution in [0.4, 0.5) is 5.82 Å². The Morgan fingerprint density at radius 3 is 2.43 bits per heavy atom. The first kappa shape index (κ1) is 16.4. The molecule has 0 N–H and O–H groups in total. The van der Waals surface area contributed by atoms with Gasteiger partial charge in [0.05, 0.1) is 18.6 Å². The molecule has 116 valence electrons. The van der Waals surface area contributed by atoms with Crippen LogP contribution in [0.1, 0.15) is 11.8 Å². The zero-order chi connectivity index (χ0) is 15.2. The van der Waals surface area contributed by atoms with Gasteiger partial charge in [-0.1, -0.05) is 6.92 Å². The third-order valence-electron chi connectivity index (χ3n) is 3.18. The lowest BCUT2D eigenvalue weighted by molar-refractivity contribution is 0.190. The van der Waals surface area contributed by atoms with Crippen LogP contribution in [0.2, 0.25) is 5.28 Å². The first-order valence-corrected chi connectivity index (χ1v) is 8.07. The summed E-state index contributed by atoms with van der Waals surface area (Å²) in [5, 5.41) is 1.33. The molecule has 0 saturated heterocycles. The molecule has 0 aliphatic rings. The van der Waals surface area contributed by atoms with E-state index < -0.39 is 0 Å². The maximum atomic E-state index is 6.08. The van der Waals surface area contributed by atoms with E-state index in [0.717, 1.165) is 35.5 Å². The van der Waals surface area contributed by atoms with Crippen molar-refractivity contribution in [2.45, 2.75) is 13.3 Å². The number of thiophene rings is 1. The van der Waals surface area contributed by atoms with Crippen molar-refractivity contribution >= 4 is 39.0 Å². The minimum Gasteiger partial charge on any atom is -0.383 e. The number of hydrogen-bond donors (Lipinski definition) is 0. The van der Waals surface area contributed by atoms with E-state index >= 15 is 0 Å². The van der Waals surface area contributed by atoms with Crippen LogP contribution in [0.25, 0.3) is 10.2 Å². The van der Waals surface area contributed by atoms with Crippen LogP contribution in [0, 0.1) is 0 Å². The molecule has 2 aromatic rings. The molecular weight excluding hydrogens is 310 g/mol. The van der Waals surface area contributed by atoms with Crippen LogP contribution in [0.5, 0.6) is 0 Å². The number of hydrogen-bond acceptors (Lipinski definition) is 6. The Kier molecular flexibility index (Phi) is 6.17. The van der Waals surface area contributed by atoms with Crippen molar-refractivity contribution in [3.05, 3.63) is 16.2 Å². The maximum Gasteiger partial charge on any atom is 0.225 e. The van der Waals surface area contributed by atoms with E-state index in [1.807, 2.05) is 0 Å². The second-order valence-corrected chi connectivity index (χ2v) is 6.03. The number of halogens is 1. The molecule has 0 radical (unpaired) electrons. The van der Waals surface area contributed by atoms with Crippen molar-refractivity contribution in [3.63, 3.8) is 0 Å². The highest BCUT2D eigenvalue weighted by Crippen LogP contribution is 2.32. The van der Waals surface area contributed by atoms with Crippen LogP contribution in [0.15, 0.2) is 6.07 Å². The monoisotopic (exact) mass is 329 g/mol. The molecule has 0 unspecified atom stereocenters. The van der Waals surface area contributed by atoms with E-state index in [9.17, 15) is 0 Å². The van der Waals surface area contributed by atoms with Gasteiger partial charge < -0.3 is 14.4 Å². The van der Waals surface area contributed by atoms with Crippen LogP contribution < -0.4 is 4.90 Å². The molecule has 0 aliphatic carbocycles. The molecule has 0 spiro atoms. The third kappa shape index (κ3) is 4.03. The largest absolute Gasteiger partial charge is 0.383 e. The van der Waals surface area contributed by atoms with Crippen molar-refractivity contribution in [2.75, 3.05) is 45.4 Å². The van der Waals surface area contributed by atoms with Gasteiger partial charge in [-0.3, -0.25) is 0 Å². The number of aryl methyl sites for hydroxylation is 1. The van der Waals surface area contributed by atoms with Gasteiger partial charge in [0.15, 0.2) is 0 Å². The summed E-state index contributed by atoms with van der Waals surface area (Å²) in [6.45, 7) is 4.85. The smallest absolute Gasteiger partial charge is 0.225 e. The van der Waals surface area contributed by atoms with Gasteiger partial charge in [-0.2, -0.15) is 4.98 Å². The highest BCUT2D eigenvalue weighted by Gasteiger charge is 2.16. The predicted octanol–water partition coefficient (Wildman–Crippen LogP) is 3.01. The molecule has 0 saturated carbocycles. The highest BCUT2D eigenvalue weighted by atomic mass is 35.5. The number of nitrogens with zero attached hydrogens (tertiary/aromatic N) is 3. The Morgan fingerprint density at radius 2 is 1.86 bits per heavy atom. The minimum absolute atomic E-state index is 0.279. The van der Waals surface area contributed by atoms with Crippen LogP contribution >= 0.6 is 22.9 Å². The van der Waals surface area contributed by atoms with Gasteiger partial charge >= 0.3 is 0 Å². The fourth-order valence-corrected chi connectivity index (χ4v) is 3.25. The molecular formula is C14H20ClN3O2S. The Morgan fingerprint density at radius 1 is 1.19 bits per heavy atom. The number of methoxy groups -OCH3 is 2. The third-order valence-corrected chi connectivity index (χ3v) is 4.52. The summed E-state index contributed by atoms with van der Waals surface area (Å²) in [7, 11) is 3.38. The van der Waals surface area contributed by atoms with E-state index in [-0.39, 0.29) is 5.28 Å². The number of fused-ring (bicyclic) bond motifs is 1. The predicted molar refractivity (Wildman–Crippen MR) is 87.8 cm³/mol. The van der Waals surface area contributed by atoms with Gasteiger partial charge in [0, 0.05) is 32.2 Å². The van der Waals surface area contributed by atoms with Crippen molar-refractivity contribution in [1.82, 2.24) is 9.97 Å². The van der Waals surface area contributed by atoms with E-state index in [1.165, 1.54) is 4.88 Å². The second kappa shape index (κ2) is 7.89. The molecule has 0 aromatic carbocycles. The average Bonchev–Trinajstić information content (AvgIpc) is 2.89. The van der Waals surface area contributed by atoms with Crippen molar-refractivity contribution < 1.29 is 9.47 Å². The summed E-state index contributed by atoms with van der Waals surface area (Å²) >= 11 is 7.75. The number of ether oxygens (including phenoxy) is 2. The lowest BCUT2D eigenvalue weighted by Crippen LogP contribution is -2.31. The normalized spacial score (nSPS) is 11.2. The van der Waals surface area contributed by atoms with E-state index in [0.29, 0.717) is 13.2 Å². The van der Waals surface area contributed by atoms with E-state index in [1.54, 1.807) is 25.6 Å². The topological polar surface area (TPSA) is 47.5 Å². The SMILES string of the molecule is CCc1cc2c(N(CCOC)CCOC)nc(Cl)nc2s1. The Labute approximate surface area is 133 Å². The van der Waals surface area contributed by atoms with Crippen LogP contribution in [-0.2, 0) is 15.9 Å². The molecule has 21 heavy (non-hydrogen) atoms. The Balaban J connectivity index is 2.41. The summed E-state index contributed by atoms with van der Waals surface area (Å²) in [6, 6.07) is 2.15. The molecule has 2 aromatic heterocycles. The quantitative estimate of drug-likeness (QED) is 0.697. The summed E-state index contributed by atoms with van der Waals surface area (Å²) in [5.74, 6) is 0.857. The summed E-state index contributed by atoms with van der Waals surface area (Å²) in [6.07, 6.45) is 0.980. The lowest BCUT2D eigenvalue weighted by Gasteiger charge is -2.23. The minimum atomic E-state index is 0.279. The Hall–Kier alpha value is -0.950. The molecule has 0 fully saturated rings. The Bertz CT molecular complexity index is 583. The van der Waals surface area contributed by atoms with Gasteiger partial charge in [-0.15, -0.1) is 11.3 Å². The molecule has 0 amide bonds. The maximum absolute atomic E-state index is 6.08. The molecule has 0 bridgehead atoms. The summed E-state index contributed by atoms with van der Waals surface area (Å²) < 4.78 is 10.4. The summed E-state index contributed by atoms with van der Waals surface area (Å²) in [4.78, 5) is 13.1. The zero-order valence-electron chi connectivity index (χ0n) is 12.6. The van der Waals surface area contributed by atoms with Crippen molar-refractivity contribution in [2.24, 2.45) is 0 Å². The molecule has 7 heteroatoms. The molecule has 0 aliphatic heterocycles. The van der Waals surface area contributed by atoms with Crippen molar-refractivity contribution in [1.29, 1.82) is 0 Å². The second-order valence-electron chi connectivity index (χ2n) is 4.57. The first-order valence-electron chi connectivity index (χ1n) is 6.88. The lowest BCUT2D eigenvalue weighted by atomic mass is 10.3. The zero-order valence-corrected chi connectivity index (χ0v) is 14.1. The van der Waals surface area contributed by atoms with Crippen LogP contribution in [-0.4, -0.2) is 50.5 Å². The average molecular weight is 330 g/mol. The number of rotatable bonds is 8. The first-order chi connectivity index (χ1) is 10.2. The number of aromatic nitrogens is 2.